The number of amides is 1. The van der Waals surface area contributed by atoms with Crippen molar-refractivity contribution < 1.29 is 13.6 Å². The van der Waals surface area contributed by atoms with Crippen molar-refractivity contribution in [3.8, 4) is 0 Å². The van der Waals surface area contributed by atoms with Crippen LogP contribution in [-0.2, 0) is 4.79 Å². The van der Waals surface area contributed by atoms with Crippen molar-refractivity contribution in [2.45, 2.75) is 17.4 Å². The molecule has 0 spiro atoms. The Morgan fingerprint density at radius 1 is 1.18 bits per heavy atom. The molecule has 0 N–H and O–H groups in total. The number of carbonyl (C=O) groups is 1. The monoisotopic (exact) mass is 414 g/mol. The van der Waals surface area contributed by atoms with Crippen molar-refractivity contribution in [3.05, 3.63) is 89.1 Å². The van der Waals surface area contributed by atoms with Crippen LogP contribution in [0.1, 0.15) is 23.8 Å². The first-order valence-corrected chi connectivity index (χ1v) is 10.0. The lowest BCUT2D eigenvalue weighted by atomic mass is 10.0. The number of halogens is 2. The lowest BCUT2D eigenvalue weighted by Gasteiger charge is -2.19. The van der Waals surface area contributed by atoms with E-state index in [1.165, 1.54) is 28.9 Å². The van der Waals surface area contributed by atoms with Crippen LogP contribution in [0.25, 0.3) is 0 Å². The second-order valence-corrected chi connectivity index (χ2v) is 7.76. The second kappa shape index (κ2) is 8.20. The molecule has 28 heavy (non-hydrogen) atoms. The Morgan fingerprint density at radius 3 is 2.61 bits per heavy atom. The molecule has 4 nitrogen and oxygen atoms in total. The van der Waals surface area contributed by atoms with Crippen molar-refractivity contribution in [1.82, 2.24) is 5.01 Å². The molecule has 7 heteroatoms. The van der Waals surface area contributed by atoms with Crippen LogP contribution in [0, 0.1) is 5.82 Å². The number of nitrogens with zero attached hydrogens (tertiary/aromatic N) is 2. The summed E-state index contributed by atoms with van der Waals surface area (Å²) in [5.41, 5.74) is 1.72. The number of rotatable bonds is 5. The highest BCUT2D eigenvalue weighted by Gasteiger charge is 2.34. The molecule has 3 aromatic rings. The molecule has 4 rings (SSSR count). The van der Waals surface area contributed by atoms with Gasteiger partial charge in [-0.3, -0.25) is 4.79 Å². The van der Waals surface area contributed by atoms with Crippen LogP contribution >= 0.6 is 23.4 Å². The number of furan rings is 1. The Bertz CT molecular complexity index is 988. The minimum atomic E-state index is -0.301. The van der Waals surface area contributed by atoms with Crippen LogP contribution in [-0.4, -0.2) is 22.4 Å². The van der Waals surface area contributed by atoms with Crippen molar-refractivity contribution >= 4 is 35.0 Å². The molecule has 1 aliphatic heterocycles. The van der Waals surface area contributed by atoms with Crippen LogP contribution in [0.5, 0.6) is 0 Å². The van der Waals surface area contributed by atoms with E-state index in [1.807, 2.05) is 18.2 Å². The standard InChI is InChI=1S/C21H16ClFN2O2S/c22-15-5-3-14(4-6-15)18-12-19(20-2-1-11-27-20)25(24-18)21(26)13-28-17-9-7-16(23)8-10-17/h1-11,19H,12-13H2. The van der Waals surface area contributed by atoms with Crippen LogP contribution in [0.15, 0.2) is 81.3 Å². The van der Waals surface area contributed by atoms with Gasteiger partial charge in [-0.15, -0.1) is 11.8 Å². The van der Waals surface area contributed by atoms with Crippen molar-refractivity contribution in [2.24, 2.45) is 5.10 Å². The average Bonchev–Trinajstić information content (AvgIpc) is 3.37. The molecular weight excluding hydrogens is 399 g/mol. The zero-order chi connectivity index (χ0) is 19.5. The van der Waals surface area contributed by atoms with Crippen LogP contribution in [0.2, 0.25) is 5.02 Å². The first-order chi connectivity index (χ1) is 13.6. The molecule has 1 unspecified atom stereocenters. The maximum absolute atomic E-state index is 13.0. The van der Waals surface area contributed by atoms with Crippen molar-refractivity contribution in [2.75, 3.05) is 5.75 Å². The summed E-state index contributed by atoms with van der Waals surface area (Å²) in [7, 11) is 0. The van der Waals surface area contributed by atoms with Gasteiger partial charge in [0.1, 0.15) is 17.6 Å². The molecule has 142 valence electrons. The minimum Gasteiger partial charge on any atom is -0.467 e. The molecule has 1 atom stereocenters. The summed E-state index contributed by atoms with van der Waals surface area (Å²) in [4.78, 5) is 13.7. The number of hydrogen-bond acceptors (Lipinski definition) is 4. The number of hydrazone groups is 1. The minimum absolute atomic E-state index is 0.139. The van der Waals surface area contributed by atoms with E-state index in [1.54, 1.807) is 36.6 Å². The van der Waals surface area contributed by atoms with E-state index in [-0.39, 0.29) is 23.5 Å². The van der Waals surface area contributed by atoms with Crippen LogP contribution in [0.4, 0.5) is 4.39 Å². The summed E-state index contributed by atoms with van der Waals surface area (Å²) in [6.07, 6.45) is 2.15. The first-order valence-electron chi connectivity index (χ1n) is 8.67. The zero-order valence-electron chi connectivity index (χ0n) is 14.7. The van der Waals surface area contributed by atoms with Crippen molar-refractivity contribution in [1.29, 1.82) is 0 Å². The molecule has 0 radical (unpaired) electrons. The number of carbonyl (C=O) groups excluding carboxylic acids is 1. The van der Waals surface area contributed by atoms with Crippen LogP contribution in [0.3, 0.4) is 0 Å². The van der Waals surface area contributed by atoms with E-state index >= 15 is 0 Å². The van der Waals surface area contributed by atoms with Crippen molar-refractivity contribution in [3.63, 3.8) is 0 Å². The number of benzene rings is 2. The largest absolute Gasteiger partial charge is 0.467 e. The number of hydrogen-bond donors (Lipinski definition) is 0. The average molecular weight is 415 g/mol. The molecule has 0 saturated heterocycles. The molecule has 0 aliphatic carbocycles. The van der Waals surface area contributed by atoms with Crippen LogP contribution < -0.4 is 0 Å². The molecule has 1 amide bonds. The first kappa shape index (κ1) is 18.8. The third-order valence-corrected chi connectivity index (χ3v) is 5.64. The summed E-state index contributed by atoms with van der Waals surface area (Å²) in [6.45, 7) is 0. The highest BCUT2D eigenvalue weighted by Crippen LogP contribution is 2.34. The Hall–Kier alpha value is -2.57. The fraction of sp³-hybridized carbons (Fsp3) is 0.143. The smallest absolute Gasteiger partial charge is 0.253 e. The van der Waals surface area contributed by atoms with Gasteiger partial charge in [0.25, 0.3) is 5.91 Å². The predicted octanol–water partition coefficient (Wildman–Crippen LogP) is 5.54. The van der Waals surface area contributed by atoms with E-state index in [0.29, 0.717) is 17.2 Å². The SMILES string of the molecule is O=C(CSc1ccc(F)cc1)N1N=C(c2ccc(Cl)cc2)CC1c1ccco1. The highest BCUT2D eigenvalue weighted by molar-refractivity contribution is 8.00. The maximum Gasteiger partial charge on any atom is 0.253 e. The summed E-state index contributed by atoms with van der Waals surface area (Å²) >= 11 is 7.32. The van der Waals surface area contributed by atoms with Gasteiger partial charge in [-0.2, -0.15) is 5.10 Å². The fourth-order valence-electron chi connectivity index (χ4n) is 3.00. The summed E-state index contributed by atoms with van der Waals surface area (Å²) < 4.78 is 18.6. The van der Waals surface area contributed by atoms with E-state index in [0.717, 1.165) is 16.2 Å². The van der Waals surface area contributed by atoms with Gasteiger partial charge in [-0.05, 0) is 54.1 Å². The van der Waals surface area contributed by atoms with Gasteiger partial charge >= 0.3 is 0 Å². The quantitative estimate of drug-likeness (QED) is 0.515. The molecule has 2 heterocycles. The van der Waals surface area contributed by atoms with Gasteiger partial charge in [0.05, 0.1) is 17.7 Å². The molecule has 1 aromatic heterocycles. The molecule has 0 saturated carbocycles. The second-order valence-electron chi connectivity index (χ2n) is 6.27. The summed E-state index contributed by atoms with van der Waals surface area (Å²) in [5.74, 6) is 0.443. The third kappa shape index (κ3) is 4.13. The van der Waals surface area contributed by atoms with Gasteiger partial charge < -0.3 is 4.42 Å². The van der Waals surface area contributed by atoms with E-state index < -0.39 is 0 Å². The van der Waals surface area contributed by atoms with Gasteiger partial charge in [0.2, 0.25) is 0 Å². The predicted molar refractivity (Wildman–Crippen MR) is 108 cm³/mol. The Labute approximate surface area is 171 Å². The molecule has 1 aliphatic rings. The molecule has 2 aromatic carbocycles. The summed E-state index contributed by atoms with van der Waals surface area (Å²) in [5, 5.41) is 6.71. The Morgan fingerprint density at radius 2 is 1.93 bits per heavy atom. The Kier molecular flexibility index (Phi) is 5.50. The lowest BCUT2D eigenvalue weighted by molar-refractivity contribution is -0.130. The maximum atomic E-state index is 13.0. The van der Waals surface area contributed by atoms with E-state index in [9.17, 15) is 9.18 Å². The van der Waals surface area contributed by atoms with Gasteiger partial charge in [-0.25, -0.2) is 9.40 Å². The van der Waals surface area contributed by atoms with E-state index in [4.69, 9.17) is 16.0 Å². The third-order valence-electron chi connectivity index (χ3n) is 4.39. The van der Waals surface area contributed by atoms with E-state index in [2.05, 4.69) is 5.10 Å². The zero-order valence-corrected chi connectivity index (χ0v) is 16.3. The summed E-state index contributed by atoms with van der Waals surface area (Å²) in [6, 6.07) is 16.8. The molecule has 0 fully saturated rings. The molecular formula is C21H16ClFN2O2S. The normalized spacial score (nSPS) is 16.3. The Balaban J connectivity index is 1.54. The fourth-order valence-corrected chi connectivity index (χ4v) is 3.88. The van der Waals surface area contributed by atoms with Gasteiger partial charge in [0, 0.05) is 16.3 Å². The number of thioether (sulfide) groups is 1. The topological polar surface area (TPSA) is 45.8 Å². The van der Waals surface area contributed by atoms with Gasteiger partial charge in [-0.1, -0.05) is 23.7 Å². The molecule has 0 bridgehead atoms. The highest BCUT2D eigenvalue weighted by atomic mass is 35.5. The lowest BCUT2D eigenvalue weighted by Crippen LogP contribution is -2.28. The van der Waals surface area contributed by atoms with Gasteiger partial charge in [0.15, 0.2) is 0 Å².